The molecule has 0 aliphatic rings. The quantitative estimate of drug-likeness (QED) is 0.760. The highest BCUT2D eigenvalue weighted by molar-refractivity contribution is 5.77. The smallest absolute Gasteiger partial charge is 0.257 e. The van der Waals surface area contributed by atoms with Crippen molar-refractivity contribution in [1.82, 2.24) is 10.3 Å². The van der Waals surface area contributed by atoms with Crippen molar-refractivity contribution in [3.05, 3.63) is 60.2 Å². The van der Waals surface area contributed by atoms with Crippen LogP contribution < -0.4 is 10.1 Å². The Hall–Kier alpha value is -2.89. The predicted molar refractivity (Wildman–Crippen MR) is 82.6 cm³/mol. The molecule has 0 saturated carbocycles. The Morgan fingerprint density at radius 3 is 2.78 bits per heavy atom. The number of hydrogen-bond acceptors (Lipinski definition) is 4. The van der Waals surface area contributed by atoms with Gasteiger partial charge in [-0.25, -0.2) is 9.37 Å². The van der Waals surface area contributed by atoms with E-state index in [0.717, 1.165) is 11.1 Å². The summed E-state index contributed by atoms with van der Waals surface area (Å²) < 4.78 is 24.0. The van der Waals surface area contributed by atoms with Gasteiger partial charge in [-0.2, -0.15) is 0 Å². The number of halogens is 1. The van der Waals surface area contributed by atoms with Gasteiger partial charge in [0.25, 0.3) is 5.91 Å². The molecule has 1 amide bonds. The fourth-order valence-corrected chi connectivity index (χ4v) is 2.09. The first-order chi connectivity index (χ1) is 11.2. The summed E-state index contributed by atoms with van der Waals surface area (Å²) in [6, 6.07) is 13.4. The van der Waals surface area contributed by atoms with E-state index in [9.17, 15) is 9.18 Å². The van der Waals surface area contributed by atoms with E-state index in [4.69, 9.17) is 9.15 Å². The molecule has 118 valence electrons. The van der Waals surface area contributed by atoms with Gasteiger partial charge in [0.05, 0.1) is 0 Å². The lowest BCUT2D eigenvalue weighted by Crippen LogP contribution is -2.30. The number of carbonyl (C=O) groups excluding carboxylic acids is 1. The molecular weight excluding hydrogens is 299 g/mol. The summed E-state index contributed by atoms with van der Waals surface area (Å²) in [4.78, 5) is 16.0. The maximum absolute atomic E-state index is 13.3. The van der Waals surface area contributed by atoms with E-state index < -0.39 is 5.82 Å². The number of amides is 1. The molecule has 1 N–H and O–H groups in total. The maximum atomic E-state index is 13.3. The first-order valence-electron chi connectivity index (χ1n) is 7.21. The second-order valence-electron chi connectivity index (χ2n) is 4.89. The molecule has 2 aromatic carbocycles. The largest absolute Gasteiger partial charge is 0.481 e. The molecule has 0 aliphatic carbocycles. The average molecular weight is 314 g/mol. The fraction of sp³-hybridized carbons (Fsp3) is 0.176. The number of nitrogens with one attached hydrogen (secondary N) is 1. The van der Waals surface area contributed by atoms with Crippen LogP contribution in [-0.2, 0) is 11.2 Å². The molecule has 0 saturated heterocycles. The zero-order chi connectivity index (χ0) is 16.1. The minimum absolute atomic E-state index is 0.0570. The number of benzene rings is 2. The van der Waals surface area contributed by atoms with Crippen LogP contribution >= 0.6 is 0 Å². The Morgan fingerprint density at radius 1 is 1.17 bits per heavy atom. The van der Waals surface area contributed by atoms with Crippen molar-refractivity contribution < 1.29 is 18.3 Å². The summed E-state index contributed by atoms with van der Waals surface area (Å²) in [7, 11) is 0. The summed E-state index contributed by atoms with van der Waals surface area (Å²) in [6.07, 6.45) is 0.472. The first kappa shape index (κ1) is 15.0. The molecule has 0 fully saturated rings. The van der Waals surface area contributed by atoms with E-state index in [0.29, 0.717) is 18.9 Å². The van der Waals surface area contributed by atoms with Crippen LogP contribution in [0.1, 0.15) is 5.89 Å². The van der Waals surface area contributed by atoms with Gasteiger partial charge >= 0.3 is 0 Å². The number of oxazole rings is 1. The van der Waals surface area contributed by atoms with Gasteiger partial charge in [-0.15, -0.1) is 0 Å². The van der Waals surface area contributed by atoms with Crippen LogP contribution in [-0.4, -0.2) is 24.0 Å². The number of nitrogens with zero attached hydrogens (tertiary/aromatic N) is 1. The molecule has 1 aromatic heterocycles. The third-order valence-electron chi connectivity index (χ3n) is 3.19. The van der Waals surface area contributed by atoms with Crippen molar-refractivity contribution in [2.75, 3.05) is 13.2 Å². The minimum Gasteiger partial charge on any atom is -0.481 e. The molecule has 1 heterocycles. The molecule has 3 aromatic rings. The van der Waals surface area contributed by atoms with E-state index in [1.54, 1.807) is 12.1 Å². The summed E-state index contributed by atoms with van der Waals surface area (Å²) in [6.45, 7) is 0.126. The molecule has 5 nitrogen and oxygen atoms in total. The molecule has 0 bridgehead atoms. The van der Waals surface area contributed by atoms with Crippen molar-refractivity contribution in [2.45, 2.75) is 6.42 Å². The monoisotopic (exact) mass is 314 g/mol. The Balaban J connectivity index is 1.45. The predicted octanol–water partition coefficient (Wildman–Crippen LogP) is 2.70. The van der Waals surface area contributed by atoms with Crippen molar-refractivity contribution in [1.29, 1.82) is 0 Å². The SMILES string of the molecule is O=C(COc1ccccc1F)NCCc1nc2ccccc2o1. The molecule has 0 atom stereocenters. The Kier molecular flexibility index (Phi) is 4.52. The number of ether oxygens (including phenoxy) is 1. The third kappa shape index (κ3) is 3.85. The van der Waals surface area contributed by atoms with Crippen LogP contribution in [0.3, 0.4) is 0 Å². The number of rotatable bonds is 6. The number of para-hydroxylation sites is 3. The summed E-state index contributed by atoms with van der Waals surface area (Å²) >= 11 is 0. The molecule has 6 heteroatoms. The van der Waals surface area contributed by atoms with Gasteiger partial charge in [-0.05, 0) is 24.3 Å². The van der Waals surface area contributed by atoms with E-state index in [2.05, 4.69) is 10.3 Å². The second kappa shape index (κ2) is 6.91. The summed E-state index contributed by atoms with van der Waals surface area (Å²) in [5, 5.41) is 2.68. The van der Waals surface area contributed by atoms with Crippen molar-refractivity contribution in [3.8, 4) is 5.75 Å². The molecule has 0 unspecified atom stereocenters. The summed E-state index contributed by atoms with van der Waals surface area (Å²) in [5.41, 5.74) is 1.51. The highest BCUT2D eigenvalue weighted by Gasteiger charge is 2.08. The van der Waals surface area contributed by atoms with E-state index in [1.807, 2.05) is 24.3 Å². The highest BCUT2D eigenvalue weighted by atomic mass is 19.1. The number of fused-ring (bicyclic) bond motifs is 1. The zero-order valence-corrected chi connectivity index (χ0v) is 12.3. The van der Waals surface area contributed by atoms with Gasteiger partial charge in [0, 0.05) is 13.0 Å². The Labute approximate surface area is 132 Å². The van der Waals surface area contributed by atoms with Gasteiger partial charge in [0.15, 0.2) is 29.6 Å². The van der Waals surface area contributed by atoms with Crippen LogP contribution in [0.2, 0.25) is 0 Å². The van der Waals surface area contributed by atoms with Crippen LogP contribution in [0.5, 0.6) is 5.75 Å². The Bertz CT molecular complexity index is 783. The third-order valence-corrected chi connectivity index (χ3v) is 3.19. The van der Waals surface area contributed by atoms with Gasteiger partial charge in [0.1, 0.15) is 5.52 Å². The number of hydrogen-bond donors (Lipinski definition) is 1. The minimum atomic E-state index is -0.494. The number of aromatic nitrogens is 1. The first-order valence-corrected chi connectivity index (χ1v) is 7.21. The van der Waals surface area contributed by atoms with E-state index in [-0.39, 0.29) is 18.3 Å². The lowest BCUT2D eigenvalue weighted by atomic mass is 10.3. The molecule has 23 heavy (non-hydrogen) atoms. The van der Waals surface area contributed by atoms with Gasteiger partial charge in [0.2, 0.25) is 0 Å². The van der Waals surface area contributed by atoms with E-state index in [1.165, 1.54) is 12.1 Å². The average Bonchev–Trinajstić information content (AvgIpc) is 2.97. The van der Waals surface area contributed by atoms with Crippen molar-refractivity contribution in [2.24, 2.45) is 0 Å². The van der Waals surface area contributed by atoms with Crippen LogP contribution in [0.15, 0.2) is 52.9 Å². The van der Waals surface area contributed by atoms with Crippen LogP contribution in [0.4, 0.5) is 4.39 Å². The molecule has 0 spiro atoms. The number of carbonyl (C=O) groups is 1. The standard InChI is InChI=1S/C17H15FN2O3/c18-12-5-1-3-7-14(12)22-11-16(21)19-10-9-17-20-13-6-2-4-8-15(13)23-17/h1-8H,9-11H2,(H,19,21). The van der Waals surface area contributed by atoms with Crippen molar-refractivity contribution in [3.63, 3.8) is 0 Å². The topological polar surface area (TPSA) is 64.4 Å². The van der Waals surface area contributed by atoms with Crippen LogP contribution in [0, 0.1) is 5.82 Å². The molecule has 0 radical (unpaired) electrons. The zero-order valence-electron chi connectivity index (χ0n) is 12.3. The van der Waals surface area contributed by atoms with Crippen molar-refractivity contribution >= 4 is 17.0 Å². The molecule has 0 aliphatic heterocycles. The molecule has 3 rings (SSSR count). The van der Waals surface area contributed by atoms with Crippen LogP contribution in [0.25, 0.3) is 11.1 Å². The normalized spacial score (nSPS) is 10.7. The van der Waals surface area contributed by atoms with E-state index >= 15 is 0 Å². The highest BCUT2D eigenvalue weighted by Crippen LogP contribution is 2.15. The maximum Gasteiger partial charge on any atom is 0.257 e. The second-order valence-corrected chi connectivity index (χ2v) is 4.89. The lowest BCUT2D eigenvalue weighted by molar-refractivity contribution is -0.123. The molecular formula is C17H15FN2O3. The Morgan fingerprint density at radius 2 is 1.96 bits per heavy atom. The lowest BCUT2D eigenvalue weighted by Gasteiger charge is -2.07. The van der Waals surface area contributed by atoms with Gasteiger partial charge < -0.3 is 14.5 Å². The summed E-state index contributed by atoms with van der Waals surface area (Å²) in [5.74, 6) is -0.209. The fourth-order valence-electron chi connectivity index (χ4n) is 2.09. The van der Waals surface area contributed by atoms with Gasteiger partial charge in [-0.1, -0.05) is 24.3 Å². The van der Waals surface area contributed by atoms with Gasteiger partial charge in [-0.3, -0.25) is 4.79 Å².